The first kappa shape index (κ1) is 18.1. The number of anilines is 2. The van der Waals surface area contributed by atoms with Gasteiger partial charge in [-0.3, -0.25) is 4.79 Å². The first-order chi connectivity index (χ1) is 12.5. The first-order valence-electron chi connectivity index (χ1n) is 8.38. The topological polar surface area (TPSA) is 85.9 Å². The summed E-state index contributed by atoms with van der Waals surface area (Å²) >= 11 is 6.05. The van der Waals surface area contributed by atoms with E-state index in [4.69, 9.17) is 16.3 Å². The highest BCUT2D eigenvalue weighted by Gasteiger charge is 2.26. The summed E-state index contributed by atoms with van der Waals surface area (Å²) in [7, 11) is 0. The van der Waals surface area contributed by atoms with Gasteiger partial charge in [-0.1, -0.05) is 17.7 Å². The first-order valence-corrected chi connectivity index (χ1v) is 8.76. The Kier molecular flexibility index (Phi) is 5.37. The minimum atomic E-state index is -0.659. The molecular weight excluding hydrogens is 358 g/mol. The highest BCUT2D eigenvalue weighted by molar-refractivity contribution is 6.30. The number of piperazine rings is 1. The fraction of sp³-hybridized carbons (Fsp3) is 0.333. The van der Waals surface area contributed by atoms with Crippen molar-refractivity contribution in [3.05, 3.63) is 51.3 Å². The number of aromatic hydroxyl groups is 1. The summed E-state index contributed by atoms with van der Waals surface area (Å²) in [4.78, 5) is 30.7. The second-order valence-electron chi connectivity index (χ2n) is 5.92. The Morgan fingerprint density at radius 1 is 1.23 bits per heavy atom. The molecule has 0 unspecified atom stereocenters. The molecular formula is C18H20ClN3O4. The second-order valence-corrected chi connectivity index (χ2v) is 6.35. The van der Waals surface area contributed by atoms with Crippen LogP contribution >= 0.6 is 11.6 Å². The number of halogens is 1. The van der Waals surface area contributed by atoms with E-state index >= 15 is 0 Å². The molecule has 1 fully saturated rings. The molecule has 2 heterocycles. The van der Waals surface area contributed by atoms with Crippen molar-refractivity contribution in [3.63, 3.8) is 0 Å². The lowest BCUT2D eigenvalue weighted by atomic mass is 10.2. The molecule has 1 aromatic carbocycles. The van der Waals surface area contributed by atoms with E-state index in [1.807, 2.05) is 29.2 Å². The SMILES string of the molecule is CCOC(=O)c1c(O)cc(=O)[nH]c1N1CCN(c2cccc(Cl)c2)CC1. The number of rotatable bonds is 4. The molecule has 138 valence electrons. The summed E-state index contributed by atoms with van der Waals surface area (Å²) in [5.41, 5.74) is 0.539. The average Bonchev–Trinajstić information content (AvgIpc) is 2.61. The maximum absolute atomic E-state index is 12.2. The summed E-state index contributed by atoms with van der Waals surface area (Å²) in [5, 5.41) is 10.8. The standard InChI is InChI=1S/C18H20ClN3O4/c1-2-26-18(25)16-14(23)11-15(24)20-17(16)22-8-6-21(7-9-22)13-5-3-4-12(19)10-13/h3-5,10-11H,2,6-9H2,1H3,(H2,20,23,24). The van der Waals surface area contributed by atoms with Crippen molar-refractivity contribution in [2.75, 3.05) is 42.6 Å². The zero-order valence-electron chi connectivity index (χ0n) is 14.4. The van der Waals surface area contributed by atoms with E-state index in [-0.39, 0.29) is 17.9 Å². The van der Waals surface area contributed by atoms with E-state index in [9.17, 15) is 14.7 Å². The van der Waals surface area contributed by atoms with Gasteiger partial charge in [0.1, 0.15) is 17.1 Å². The van der Waals surface area contributed by atoms with E-state index in [2.05, 4.69) is 9.88 Å². The maximum atomic E-state index is 12.2. The lowest BCUT2D eigenvalue weighted by molar-refractivity contribution is 0.0523. The van der Waals surface area contributed by atoms with Crippen LogP contribution in [0.4, 0.5) is 11.5 Å². The van der Waals surface area contributed by atoms with Crippen molar-refractivity contribution >= 4 is 29.1 Å². The van der Waals surface area contributed by atoms with Gasteiger partial charge in [-0.2, -0.15) is 0 Å². The molecule has 1 saturated heterocycles. The molecule has 1 aromatic heterocycles. The van der Waals surface area contributed by atoms with Gasteiger partial charge >= 0.3 is 5.97 Å². The Balaban J connectivity index is 1.83. The van der Waals surface area contributed by atoms with Gasteiger partial charge < -0.3 is 24.6 Å². The molecule has 0 atom stereocenters. The third-order valence-corrected chi connectivity index (χ3v) is 4.49. The molecule has 1 aliphatic heterocycles. The number of hydrogen-bond donors (Lipinski definition) is 2. The van der Waals surface area contributed by atoms with Gasteiger partial charge in [0.15, 0.2) is 0 Å². The van der Waals surface area contributed by atoms with Crippen molar-refractivity contribution in [1.82, 2.24) is 4.98 Å². The average molecular weight is 378 g/mol. The highest BCUT2D eigenvalue weighted by Crippen LogP contribution is 2.28. The van der Waals surface area contributed by atoms with Gasteiger partial charge in [-0.25, -0.2) is 4.79 Å². The fourth-order valence-corrected chi connectivity index (χ4v) is 3.22. The van der Waals surface area contributed by atoms with Crippen LogP contribution in [0.1, 0.15) is 17.3 Å². The number of hydrogen-bond acceptors (Lipinski definition) is 6. The van der Waals surface area contributed by atoms with Crippen LogP contribution in [-0.2, 0) is 4.74 Å². The molecule has 0 amide bonds. The maximum Gasteiger partial charge on any atom is 0.345 e. The molecule has 0 bridgehead atoms. The quantitative estimate of drug-likeness (QED) is 0.795. The highest BCUT2D eigenvalue weighted by atomic mass is 35.5. The van der Waals surface area contributed by atoms with E-state index < -0.39 is 11.5 Å². The Hall–Kier alpha value is -2.67. The molecule has 26 heavy (non-hydrogen) atoms. The monoisotopic (exact) mass is 377 g/mol. The predicted octanol–water partition coefficient (Wildman–Crippen LogP) is 2.24. The van der Waals surface area contributed by atoms with E-state index in [1.54, 1.807) is 6.92 Å². The van der Waals surface area contributed by atoms with Gasteiger partial charge in [-0.05, 0) is 25.1 Å². The van der Waals surface area contributed by atoms with E-state index in [0.717, 1.165) is 11.8 Å². The fourth-order valence-electron chi connectivity index (χ4n) is 3.04. The van der Waals surface area contributed by atoms with Crippen LogP contribution in [0.5, 0.6) is 5.75 Å². The minimum absolute atomic E-state index is 0.0114. The van der Waals surface area contributed by atoms with Crippen LogP contribution in [0.15, 0.2) is 35.1 Å². The van der Waals surface area contributed by atoms with E-state index in [0.29, 0.717) is 37.0 Å². The molecule has 8 heteroatoms. The summed E-state index contributed by atoms with van der Waals surface area (Å²) in [6.07, 6.45) is 0. The zero-order valence-corrected chi connectivity index (χ0v) is 15.1. The number of benzene rings is 1. The van der Waals surface area contributed by atoms with Crippen molar-refractivity contribution in [3.8, 4) is 5.75 Å². The normalized spacial score (nSPS) is 14.4. The molecule has 0 spiro atoms. The van der Waals surface area contributed by atoms with Gasteiger partial charge in [0.25, 0.3) is 5.56 Å². The number of esters is 1. The Morgan fingerprint density at radius 3 is 2.58 bits per heavy atom. The molecule has 0 radical (unpaired) electrons. The third-order valence-electron chi connectivity index (χ3n) is 4.25. The number of aromatic nitrogens is 1. The van der Waals surface area contributed by atoms with Crippen molar-refractivity contribution in [2.45, 2.75) is 6.92 Å². The van der Waals surface area contributed by atoms with Crippen LogP contribution in [-0.4, -0.2) is 48.8 Å². The second kappa shape index (κ2) is 7.70. The number of carbonyl (C=O) groups is 1. The number of nitrogens with zero attached hydrogens (tertiary/aromatic N) is 2. The van der Waals surface area contributed by atoms with Crippen LogP contribution in [0.3, 0.4) is 0 Å². The van der Waals surface area contributed by atoms with E-state index in [1.165, 1.54) is 0 Å². The Bertz CT molecular complexity index is 860. The number of pyridine rings is 1. The van der Waals surface area contributed by atoms with Crippen molar-refractivity contribution < 1.29 is 14.6 Å². The molecule has 0 aliphatic carbocycles. The molecule has 2 aromatic rings. The van der Waals surface area contributed by atoms with Crippen LogP contribution < -0.4 is 15.4 Å². The van der Waals surface area contributed by atoms with Gasteiger partial charge in [0.05, 0.1) is 6.61 Å². The minimum Gasteiger partial charge on any atom is -0.507 e. The van der Waals surface area contributed by atoms with Crippen LogP contribution in [0, 0.1) is 0 Å². The summed E-state index contributed by atoms with van der Waals surface area (Å²) < 4.78 is 5.01. The lowest BCUT2D eigenvalue weighted by Gasteiger charge is -2.37. The largest absolute Gasteiger partial charge is 0.507 e. The molecule has 0 saturated carbocycles. The number of carbonyl (C=O) groups excluding carboxylic acids is 1. The number of ether oxygens (including phenoxy) is 1. The molecule has 3 rings (SSSR count). The molecule has 7 nitrogen and oxygen atoms in total. The molecule has 1 aliphatic rings. The number of aromatic amines is 1. The number of nitrogens with one attached hydrogen (secondary N) is 1. The molecule has 2 N–H and O–H groups in total. The Labute approximate surface area is 155 Å². The summed E-state index contributed by atoms with van der Waals surface area (Å²) in [5.74, 6) is -0.743. The number of H-pyrrole nitrogens is 1. The van der Waals surface area contributed by atoms with Gasteiger partial charge in [0.2, 0.25) is 0 Å². The summed E-state index contributed by atoms with van der Waals surface area (Å²) in [6.45, 7) is 4.36. The van der Waals surface area contributed by atoms with Crippen molar-refractivity contribution in [2.24, 2.45) is 0 Å². The third kappa shape index (κ3) is 3.77. The van der Waals surface area contributed by atoms with Gasteiger partial charge in [-0.15, -0.1) is 0 Å². The van der Waals surface area contributed by atoms with Crippen LogP contribution in [0.2, 0.25) is 5.02 Å². The predicted molar refractivity (Wildman–Crippen MR) is 101 cm³/mol. The smallest absolute Gasteiger partial charge is 0.345 e. The lowest BCUT2D eigenvalue weighted by Crippen LogP contribution is -2.47. The Morgan fingerprint density at radius 2 is 1.92 bits per heavy atom. The van der Waals surface area contributed by atoms with Gasteiger partial charge in [0, 0.05) is 43.0 Å². The summed E-state index contributed by atoms with van der Waals surface area (Å²) in [6, 6.07) is 8.59. The van der Waals surface area contributed by atoms with Crippen LogP contribution in [0.25, 0.3) is 0 Å². The van der Waals surface area contributed by atoms with Crippen molar-refractivity contribution in [1.29, 1.82) is 0 Å². The zero-order chi connectivity index (χ0) is 18.7.